The highest BCUT2D eigenvalue weighted by atomic mass is 35.5. The number of nitrogens with zero attached hydrogens (tertiary/aromatic N) is 1. The fourth-order valence-corrected chi connectivity index (χ4v) is 4.08. The maximum absolute atomic E-state index is 14.8. The third-order valence-electron chi connectivity index (χ3n) is 5.55. The van der Waals surface area contributed by atoms with E-state index in [1.807, 2.05) is 0 Å². The van der Waals surface area contributed by atoms with Gasteiger partial charge in [-0.25, -0.2) is 13.6 Å². The van der Waals surface area contributed by atoms with Crippen molar-refractivity contribution >= 4 is 46.3 Å². The molecule has 35 heavy (non-hydrogen) atoms. The zero-order valence-corrected chi connectivity index (χ0v) is 18.9. The molecule has 2 amide bonds. The average molecular weight is 497 g/mol. The predicted molar refractivity (Wildman–Crippen MR) is 129 cm³/mol. The summed E-state index contributed by atoms with van der Waals surface area (Å²) < 4.78 is 29.7. The number of carbonyl (C=O) groups is 3. The van der Waals surface area contributed by atoms with E-state index >= 15 is 0 Å². The number of rotatable bonds is 4. The van der Waals surface area contributed by atoms with Gasteiger partial charge in [0.1, 0.15) is 0 Å². The van der Waals surface area contributed by atoms with Crippen LogP contribution in [0.1, 0.15) is 32.7 Å². The fourth-order valence-electron chi connectivity index (χ4n) is 3.85. The molecule has 178 valence electrons. The molecule has 0 saturated carbocycles. The van der Waals surface area contributed by atoms with Crippen LogP contribution in [0.3, 0.4) is 0 Å². The van der Waals surface area contributed by atoms with Crippen molar-refractivity contribution in [3.8, 4) is 0 Å². The van der Waals surface area contributed by atoms with Crippen molar-refractivity contribution in [2.45, 2.75) is 12.3 Å². The van der Waals surface area contributed by atoms with Gasteiger partial charge in [-0.05, 0) is 42.5 Å². The van der Waals surface area contributed by atoms with Gasteiger partial charge in [0, 0.05) is 41.4 Å². The van der Waals surface area contributed by atoms with Crippen LogP contribution in [0, 0.1) is 0 Å². The highest BCUT2D eigenvalue weighted by molar-refractivity contribution is 6.34. The Labute approximate surface area is 204 Å². The Bertz CT molecular complexity index is 1340. The Morgan fingerprint density at radius 1 is 0.971 bits per heavy atom. The predicted octanol–water partition coefficient (Wildman–Crippen LogP) is 5.75. The van der Waals surface area contributed by atoms with Gasteiger partial charge in [0.25, 0.3) is 17.7 Å². The van der Waals surface area contributed by atoms with Crippen LogP contribution in [-0.2, 0) is 4.79 Å². The summed E-state index contributed by atoms with van der Waals surface area (Å²) in [5, 5.41) is 12.1. The number of carboxylic acids is 1. The first-order valence-corrected chi connectivity index (χ1v) is 11.0. The fraction of sp³-hybridized carbons (Fsp3) is 0.115. The Balaban J connectivity index is 1.61. The lowest BCUT2D eigenvalue weighted by molar-refractivity contribution is -0.131. The lowest BCUT2D eigenvalue weighted by Crippen LogP contribution is -2.33. The Morgan fingerprint density at radius 2 is 1.63 bits per heavy atom. The molecule has 0 spiro atoms. The molecule has 2 N–H and O–H groups in total. The van der Waals surface area contributed by atoms with Gasteiger partial charge in [-0.1, -0.05) is 41.9 Å². The Kier molecular flexibility index (Phi) is 6.66. The smallest absolute Gasteiger partial charge is 0.328 e. The summed E-state index contributed by atoms with van der Waals surface area (Å²) in [7, 11) is 0. The third kappa shape index (κ3) is 5.07. The molecule has 0 fully saturated rings. The number of hydrogen-bond acceptors (Lipinski definition) is 3. The lowest BCUT2D eigenvalue weighted by atomic mass is 9.97. The minimum Gasteiger partial charge on any atom is -0.478 e. The molecule has 1 aliphatic rings. The number of allylic oxidation sites excluding steroid dienone is 1. The zero-order valence-electron chi connectivity index (χ0n) is 18.2. The highest BCUT2D eigenvalue weighted by Crippen LogP contribution is 2.43. The molecule has 9 heteroatoms. The average Bonchev–Trinajstić information content (AvgIpc) is 2.93. The second-order valence-electron chi connectivity index (χ2n) is 7.84. The van der Waals surface area contributed by atoms with Crippen LogP contribution in [0.5, 0.6) is 0 Å². The van der Waals surface area contributed by atoms with Gasteiger partial charge in [0.15, 0.2) is 0 Å². The van der Waals surface area contributed by atoms with Crippen LogP contribution in [0.4, 0.5) is 20.2 Å². The number of fused-ring (bicyclic) bond motifs is 1. The van der Waals surface area contributed by atoms with Crippen LogP contribution in [0.25, 0.3) is 5.57 Å². The van der Waals surface area contributed by atoms with E-state index in [1.165, 1.54) is 47.4 Å². The summed E-state index contributed by atoms with van der Waals surface area (Å²) >= 11 is 6.05. The second kappa shape index (κ2) is 9.68. The highest BCUT2D eigenvalue weighted by Gasteiger charge is 2.41. The molecule has 0 unspecified atom stereocenters. The summed E-state index contributed by atoms with van der Waals surface area (Å²) in [5.74, 6) is -5.88. The van der Waals surface area contributed by atoms with Gasteiger partial charge in [-0.15, -0.1) is 0 Å². The largest absolute Gasteiger partial charge is 0.478 e. The van der Waals surface area contributed by atoms with E-state index < -0.39 is 35.7 Å². The van der Waals surface area contributed by atoms with Crippen LogP contribution in [-0.4, -0.2) is 35.4 Å². The summed E-state index contributed by atoms with van der Waals surface area (Å²) in [5.41, 5.74) is 0.452. The molecular weight excluding hydrogens is 478 g/mol. The van der Waals surface area contributed by atoms with Gasteiger partial charge in [0.2, 0.25) is 0 Å². The number of amides is 2. The van der Waals surface area contributed by atoms with E-state index in [-0.39, 0.29) is 23.4 Å². The number of hydrogen-bond donors (Lipinski definition) is 2. The number of halogens is 3. The number of alkyl halides is 2. The number of nitrogens with one attached hydrogen (secondary N) is 1. The van der Waals surface area contributed by atoms with Crippen LogP contribution < -0.4 is 10.2 Å². The Morgan fingerprint density at radius 3 is 2.31 bits per heavy atom. The van der Waals surface area contributed by atoms with E-state index in [9.17, 15) is 23.2 Å². The van der Waals surface area contributed by atoms with Gasteiger partial charge in [0.05, 0.1) is 16.3 Å². The second-order valence-corrected chi connectivity index (χ2v) is 8.24. The molecule has 0 atom stereocenters. The number of para-hydroxylation sites is 1. The van der Waals surface area contributed by atoms with Crippen molar-refractivity contribution < 1.29 is 28.3 Å². The summed E-state index contributed by atoms with van der Waals surface area (Å²) in [6.45, 7) is -0.315. The van der Waals surface area contributed by atoms with Gasteiger partial charge in [-0.2, -0.15) is 0 Å². The van der Waals surface area contributed by atoms with E-state index in [4.69, 9.17) is 16.7 Å². The standard InChI is InChI=1S/C26H19ClF2N2O4/c27-21-7-3-1-6-19(21)24(34)30-17-11-9-16(10-12-17)25(35)31-14-13-26(28,29)20(15-23(32)33)18-5-2-4-8-22(18)31/h1-12,15H,13-14H2,(H,30,34)(H,32,33). The van der Waals surface area contributed by atoms with Gasteiger partial charge < -0.3 is 15.3 Å². The summed E-state index contributed by atoms with van der Waals surface area (Å²) in [4.78, 5) is 38.2. The summed E-state index contributed by atoms with van der Waals surface area (Å²) in [6, 6.07) is 18.5. The number of carboxylic acid groups (broad SMARTS) is 1. The first-order valence-electron chi connectivity index (χ1n) is 10.6. The molecule has 3 aromatic carbocycles. The minimum absolute atomic E-state index is 0.0191. The molecule has 4 rings (SSSR count). The molecule has 3 aromatic rings. The van der Waals surface area contributed by atoms with E-state index in [2.05, 4.69) is 5.32 Å². The van der Waals surface area contributed by atoms with Crippen molar-refractivity contribution in [2.75, 3.05) is 16.8 Å². The molecule has 1 heterocycles. The van der Waals surface area contributed by atoms with Crippen LogP contribution in [0.15, 0.2) is 78.9 Å². The first kappa shape index (κ1) is 24.1. The Hall–Kier alpha value is -4.04. The molecule has 0 saturated heterocycles. The van der Waals surface area contributed by atoms with E-state index in [1.54, 1.807) is 30.3 Å². The quantitative estimate of drug-likeness (QED) is 0.450. The molecule has 0 radical (unpaired) electrons. The minimum atomic E-state index is -3.43. The first-order chi connectivity index (χ1) is 16.7. The number of benzene rings is 3. The monoisotopic (exact) mass is 496 g/mol. The van der Waals surface area contributed by atoms with Crippen molar-refractivity contribution in [2.24, 2.45) is 0 Å². The zero-order chi connectivity index (χ0) is 25.2. The van der Waals surface area contributed by atoms with Gasteiger partial charge in [-0.3, -0.25) is 9.59 Å². The number of anilines is 2. The topological polar surface area (TPSA) is 86.7 Å². The summed E-state index contributed by atoms with van der Waals surface area (Å²) in [6.07, 6.45) is -0.248. The SMILES string of the molecule is O=C(O)C=C1c2ccccc2N(C(=O)c2ccc(NC(=O)c3ccccc3Cl)cc2)CCC1(F)F. The maximum atomic E-state index is 14.8. The van der Waals surface area contributed by atoms with Crippen LogP contribution in [0.2, 0.25) is 5.02 Å². The molecule has 0 aliphatic carbocycles. The van der Waals surface area contributed by atoms with Crippen molar-refractivity contribution in [1.82, 2.24) is 0 Å². The number of aliphatic carboxylic acids is 1. The number of carbonyl (C=O) groups excluding carboxylic acids is 2. The normalized spacial score (nSPS) is 15.7. The van der Waals surface area contributed by atoms with Gasteiger partial charge >= 0.3 is 5.97 Å². The van der Waals surface area contributed by atoms with E-state index in [0.29, 0.717) is 22.3 Å². The van der Waals surface area contributed by atoms with Crippen LogP contribution >= 0.6 is 11.6 Å². The molecule has 1 aliphatic heterocycles. The maximum Gasteiger partial charge on any atom is 0.328 e. The molecule has 0 bridgehead atoms. The lowest BCUT2D eigenvalue weighted by Gasteiger charge is -2.23. The van der Waals surface area contributed by atoms with Crippen molar-refractivity contribution in [3.05, 3.63) is 101 Å². The molecular formula is C26H19ClF2N2O4. The molecule has 6 nitrogen and oxygen atoms in total. The third-order valence-corrected chi connectivity index (χ3v) is 5.88. The van der Waals surface area contributed by atoms with Crippen molar-refractivity contribution in [1.29, 1.82) is 0 Å². The van der Waals surface area contributed by atoms with E-state index in [0.717, 1.165) is 0 Å². The van der Waals surface area contributed by atoms with Crippen molar-refractivity contribution in [3.63, 3.8) is 0 Å². The molecule has 0 aromatic heterocycles.